The Balaban J connectivity index is 2.37. The minimum Gasteiger partial charge on any atom is -0.469 e. The number of rotatable bonds is 9. The Morgan fingerprint density at radius 1 is 1.38 bits per heavy atom. The average Bonchev–Trinajstić information content (AvgIpc) is 2.91. The molecule has 0 fully saturated rings. The summed E-state index contributed by atoms with van der Waals surface area (Å²) in [4.78, 5) is 22.7. The van der Waals surface area contributed by atoms with E-state index in [1.807, 2.05) is 0 Å². The van der Waals surface area contributed by atoms with Crippen molar-refractivity contribution in [1.29, 1.82) is 0 Å². The molecule has 1 heterocycles. The van der Waals surface area contributed by atoms with Gasteiger partial charge in [-0.1, -0.05) is 11.3 Å². The van der Waals surface area contributed by atoms with Crippen molar-refractivity contribution in [3.8, 4) is 0 Å². The third-order valence-corrected chi connectivity index (χ3v) is 3.62. The number of carbonyl (C=O) groups is 2. The highest BCUT2D eigenvalue weighted by Gasteiger charge is 2.13. The number of amides is 1. The number of carbonyl (C=O) groups excluding carboxylic acids is 2. The Morgan fingerprint density at radius 2 is 2.14 bits per heavy atom. The Kier molecular flexibility index (Phi) is 7.80. The molecule has 0 bridgehead atoms. The van der Waals surface area contributed by atoms with Crippen LogP contribution in [0.2, 0.25) is 0 Å². The second-order valence-corrected chi connectivity index (χ2v) is 5.34. The van der Waals surface area contributed by atoms with Crippen LogP contribution in [0.5, 0.6) is 0 Å². The van der Waals surface area contributed by atoms with Crippen LogP contribution in [0.4, 0.5) is 5.13 Å². The molecule has 0 aliphatic rings. The van der Waals surface area contributed by atoms with E-state index in [0.717, 1.165) is 5.01 Å². The number of anilines is 1. The van der Waals surface area contributed by atoms with Gasteiger partial charge in [0.1, 0.15) is 5.01 Å². The second-order valence-electron chi connectivity index (χ2n) is 4.28. The lowest BCUT2D eigenvalue weighted by Gasteiger charge is -2.11. The molecule has 0 aliphatic carbocycles. The van der Waals surface area contributed by atoms with Gasteiger partial charge in [-0.25, -0.2) is 0 Å². The maximum Gasteiger partial charge on any atom is 0.305 e. The van der Waals surface area contributed by atoms with Crippen LogP contribution in [0, 0.1) is 0 Å². The molecule has 118 valence electrons. The van der Waals surface area contributed by atoms with Crippen molar-refractivity contribution < 1.29 is 19.1 Å². The quantitative estimate of drug-likeness (QED) is 0.631. The summed E-state index contributed by atoms with van der Waals surface area (Å²) in [5, 5.41) is 11.7. The van der Waals surface area contributed by atoms with E-state index in [1.165, 1.54) is 25.6 Å². The van der Waals surface area contributed by atoms with Gasteiger partial charge in [-0.05, 0) is 6.42 Å². The molecule has 1 amide bonds. The lowest BCUT2D eigenvalue weighted by atomic mass is 10.2. The zero-order valence-corrected chi connectivity index (χ0v) is 12.9. The van der Waals surface area contributed by atoms with Crippen LogP contribution in [0.1, 0.15) is 24.3 Å². The van der Waals surface area contributed by atoms with Gasteiger partial charge in [0.15, 0.2) is 0 Å². The van der Waals surface area contributed by atoms with Crippen molar-refractivity contribution in [3.05, 3.63) is 5.01 Å². The Bertz CT molecular complexity index is 462. The topological polar surface area (TPSA) is 116 Å². The minimum absolute atomic E-state index is 0.171. The molecule has 1 rings (SSSR count). The SMILES string of the molecule is COC(=O)CCCc1nnc(NC(=O)CC(CN)OC)s1. The number of esters is 1. The maximum absolute atomic E-state index is 11.7. The molecule has 1 atom stereocenters. The number of aryl methyl sites for hydroxylation is 1. The first-order chi connectivity index (χ1) is 10.1. The van der Waals surface area contributed by atoms with Gasteiger partial charge in [-0.3, -0.25) is 9.59 Å². The van der Waals surface area contributed by atoms with Crippen LogP contribution in [0.15, 0.2) is 0 Å². The summed E-state index contributed by atoms with van der Waals surface area (Å²) in [6.07, 6.45) is 1.45. The van der Waals surface area contributed by atoms with E-state index < -0.39 is 0 Å². The van der Waals surface area contributed by atoms with E-state index in [2.05, 4.69) is 20.3 Å². The van der Waals surface area contributed by atoms with Crippen LogP contribution < -0.4 is 11.1 Å². The summed E-state index contributed by atoms with van der Waals surface area (Å²) < 4.78 is 9.59. The average molecular weight is 316 g/mol. The first-order valence-electron chi connectivity index (χ1n) is 6.51. The molecular formula is C12H20N4O4S. The molecule has 1 unspecified atom stereocenters. The maximum atomic E-state index is 11.7. The Labute approximate surface area is 127 Å². The Morgan fingerprint density at radius 3 is 2.76 bits per heavy atom. The molecule has 1 aromatic heterocycles. The number of nitrogens with one attached hydrogen (secondary N) is 1. The highest BCUT2D eigenvalue weighted by Crippen LogP contribution is 2.17. The molecule has 1 aromatic rings. The summed E-state index contributed by atoms with van der Waals surface area (Å²) >= 11 is 1.28. The summed E-state index contributed by atoms with van der Waals surface area (Å²) in [5.41, 5.74) is 5.45. The van der Waals surface area contributed by atoms with E-state index in [1.54, 1.807) is 0 Å². The number of ether oxygens (including phenoxy) is 2. The van der Waals surface area contributed by atoms with Crippen LogP contribution in [-0.2, 0) is 25.5 Å². The highest BCUT2D eigenvalue weighted by molar-refractivity contribution is 7.15. The molecule has 3 N–H and O–H groups in total. The van der Waals surface area contributed by atoms with E-state index in [4.69, 9.17) is 10.5 Å². The number of nitrogens with two attached hydrogens (primary N) is 1. The normalized spacial score (nSPS) is 12.0. The van der Waals surface area contributed by atoms with Gasteiger partial charge < -0.3 is 20.5 Å². The van der Waals surface area contributed by atoms with Crippen molar-refractivity contribution in [2.75, 3.05) is 26.1 Å². The fourth-order valence-electron chi connectivity index (χ4n) is 1.53. The lowest BCUT2D eigenvalue weighted by Crippen LogP contribution is -2.28. The van der Waals surface area contributed by atoms with Crippen molar-refractivity contribution in [3.63, 3.8) is 0 Å². The van der Waals surface area contributed by atoms with Crippen LogP contribution in [0.3, 0.4) is 0 Å². The molecule has 0 saturated carbocycles. The van der Waals surface area contributed by atoms with Gasteiger partial charge in [-0.15, -0.1) is 10.2 Å². The number of hydrogen-bond acceptors (Lipinski definition) is 8. The fraction of sp³-hybridized carbons (Fsp3) is 0.667. The van der Waals surface area contributed by atoms with Gasteiger partial charge in [0.2, 0.25) is 11.0 Å². The van der Waals surface area contributed by atoms with E-state index in [-0.39, 0.29) is 30.9 Å². The second kappa shape index (κ2) is 9.37. The fourth-order valence-corrected chi connectivity index (χ4v) is 2.33. The lowest BCUT2D eigenvalue weighted by molar-refractivity contribution is -0.140. The smallest absolute Gasteiger partial charge is 0.305 e. The van der Waals surface area contributed by atoms with Gasteiger partial charge in [-0.2, -0.15) is 0 Å². The number of aromatic nitrogens is 2. The zero-order valence-electron chi connectivity index (χ0n) is 12.1. The largest absolute Gasteiger partial charge is 0.469 e. The molecule has 0 aliphatic heterocycles. The number of nitrogens with zero attached hydrogens (tertiary/aromatic N) is 2. The summed E-state index contributed by atoms with van der Waals surface area (Å²) in [7, 11) is 2.87. The Hall–Kier alpha value is -1.58. The molecule has 21 heavy (non-hydrogen) atoms. The van der Waals surface area contributed by atoms with E-state index >= 15 is 0 Å². The van der Waals surface area contributed by atoms with Crippen LogP contribution in [0.25, 0.3) is 0 Å². The first kappa shape index (κ1) is 17.5. The van der Waals surface area contributed by atoms with E-state index in [9.17, 15) is 9.59 Å². The van der Waals surface area contributed by atoms with Gasteiger partial charge >= 0.3 is 5.97 Å². The van der Waals surface area contributed by atoms with Crippen molar-refractivity contribution in [2.45, 2.75) is 31.8 Å². The summed E-state index contributed by atoms with van der Waals surface area (Å²) in [6.45, 7) is 0.277. The van der Waals surface area contributed by atoms with Gasteiger partial charge in [0, 0.05) is 26.5 Å². The molecule has 0 spiro atoms. The molecule has 8 nitrogen and oxygen atoms in total. The molecular weight excluding hydrogens is 296 g/mol. The highest BCUT2D eigenvalue weighted by atomic mass is 32.1. The van der Waals surface area contributed by atoms with Crippen molar-refractivity contribution in [1.82, 2.24) is 10.2 Å². The number of hydrogen-bond donors (Lipinski definition) is 2. The monoisotopic (exact) mass is 316 g/mol. The standard InChI is InChI=1S/C12H20N4O4S/c1-19-8(7-13)6-9(17)14-12-16-15-10(21-12)4-3-5-11(18)20-2/h8H,3-7,13H2,1-2H3,(H,14,16,17). The van der Waals surface area contributed by atoms with Gasteiger partial charge in [0.25, 0.3) is 0 Å². The number of methoxy groups -OCH3 is 2. The third-order valence-electron chi connectivity index (χ3n) is 2.72. The molecule has 0 saturated heterocycles. The predicted octanol–water partition coefficient (Wildman–Crippen LogP) is 0.336. The van der Waals surface area contributed by atoms with Crippen LogP contribution in [-0.4, -0.2) is 48.9 Å². The van der Waals surface area contributed by atoms with Crippen molar-refractivity contribution >= 4 is 28.3 Å². The molecule has 0 aromatic carbocycles. The zero-order chi connectivity index (χ0) is 15.7. The minimum atomic E-state index is -0.308. The molecule has 9 heteroatoms. The van der Waals surface area contributed by atoms with E-state index in [0.29, 0.717) is 24.4 Å². The predicted molar refractivity (Wildman–Crippen MR) is 78.0 cm³/mol. The van der Waals surface area contributed by atoms with Crippen molar-refractivity contribution in [2.24, 2.45) is 5.73 Å². The first-order valence-corrected chi connectivity index (χ1v) is 7.32. The van der Waals surface area contributed by atoms with Gasteiger partial charge in [0.05, 0.1) is 19.6 Å². The van der Waals surface area contributed by atoms with Crippen LogP contribution >= 0.6 is 11.3 Å². The summed E-state index contributed by atoms with van der Waals surface area (Å²) in [6, 6.07) is 0. The third kappa shape index (κ3) is 6.61. The summed E-state index contributed by atoms with van der Waals surface area (Å²) in [5.74, 6) is -0.468. The molecule has 0 radical (unpaired) electrons.